The van der Waals surface area contributed by atoms with Gasteiger partial charge in [-0.2, -0.15) is 4.98 Å². The van der Waals surface area contributed by atoms with E-state index in [0.29, 0.717) is 11.8 Å². The van der Waals surface area contributed by atoms with Crippen LogP contribution in [-0.2, 0) is 4.79 Å². The summed E-state index contributed by atoms with van der Waals surface area (Å²) in [5, 5.41) is 9.19. The van der Waals surface area contributed by atoms with Crippen LogP contribution in [-0.4, -0.2) is 48.0 Å². The van der Waals surface area contributed by atoms with E-state index in [2.05, 4.69) is 44.9 Å². The minimum atomic E-state index is -0.0987. The summed E-state index contributed by atoms with van der Waals surface area (Å²) >= 11 is 0. The number of amides is 1. The first-order valence-corrected chi connectivity index (χ1v) is 7.89. The molecule has 0 radical (unpaired) electrons. The molecule has 24 heavy (non-hydrogen) atoms. The highest BCUT2D eigenvalue weighted by atomic mass is 16.1. The first-order chi connectivity index (χ1) is 11.5. The van der Waals surface area contributed by atoms with Crippen LogP contribution in [0.25, 0.3) is 0 Å². The van der Waals surface area contributed by atoms with Gasteiger partial charge < -0.3 is 20.9 Å². The Balaban J connectivity index is 1.95. The van der Waals surface area contributed by atoms with Crippen LogP contribution in [0, 0.1) is 0 Å². The molecule has 1 aromatic heterocycles. The molecule has 0 aliphatic rings. The van der Waals surface area contributed by atoms with E-state index in [1.165, 1.54) is 6.92 Å². The Hall–Kier alpha value is -2.67. The van der Waals surface area contributed by atoms with Gasteiger partial charge in [0.2, 0.25) is 11.9 Å². The molecule has 0 saturated carbocycles. The Bertz CT molecular complexity index is 674. The van der Waals surface area contributed by atoms with Crippen molar-refractivity contribution in [3.8, 4) is 0 Å². The van der Waals surface area contributed by atoms with E-state index in [1.807, 2.05) is 24.3 Å². The van der Waals surface area contributed by atoms with Gasteiger partial charge in [-0.05, 0) is 51.3 Å². The quantitative estimate of drug-likeness (QED) is 0.646. The lowest BCUT2D eigenvalue weighted by atomic mass is 10.2. The highest BCUT2D eigenvalue weighted by Crippen LogP contribution is 2.19. The normalized spacial score (nSPS) is 10.5. The number of hydrogen-bond acceptors (Lipinski definition) is 6. The van der Waals surface area contributed by atoms with Crippen LogP contribution in [0.5, 0.6) is 0 Å². The smallest absolute Gasteiger partial charge is 0.224 e. The van der Waals surface area contributed by atoms with Crippen molar-refractivity contribution in [2.75, 3.05) is 43.1 Å². The molecule has 1 amide bonds. The third kappa shape index (κ3) is 6.21. The Kier molecular flexibility index (Phi) is 6.51. The predicted molar refractivity (Wildman–Crippen MR) is 97.7 cm³/mol. The maximum atomic E-state index is 11.1. The van der Waals surface area contributed by atoms with Crippen LogP contribution in [0.4, 0.5) is 23.1 Å². The van der Waals surface area contributed by atoms with Crippen molar-refractivity contribution in [1.29, 1.82) is 0 Å². The Morgan fingerprint density at radius 3 is 2.75 bits per heavy atom. The van der Waals surface area contributed by atoms with Gasteiger partial charge in [0.05, 0.1) is 0 Å². The molecule has 128 valence electrons. The number of benzene rings is 1. The van der Waals surface area contributed by atoms with Gasteiger partial charge in [0, 0.05) is 31.0 Å². The average molecular weight is 328 g/mol. The molecule has 0 bridgehead atoms. The molecule has 0 aliphatic carbocycles. The highest BCUT2D eigenvalue weighted by Gasteiger charge is 2.02. The van der Waals surface area contributed by atoms with Gasteiger partial charge >= 0.3 is 0 Å². The fourth-order valence-corrected chi connectivity index (χ4v) is 2.13. The number of nitrogens with zero attached hydrogens (tertiary/aromatic N) is 3. The summed E-state index contributed by atoms with van der Waals surface area (Å²) < 4.78 is 0. The number of anilines is 4. The van der Waals surface area contributed by atoms with Gasteiger partial charge in [0.25, 0.3) is 0 Å². The highest BCUT2D eigenvalue weighted by molar-refractivity contribution is 5.89. The maximum absolute atomic E-state index is 11.1. The number of rotatable bonds is 8. The lowest BCUT2D eigenvalue weighted by molar-refractivity contribution is -0.114. The van der Waals surface area contributed by atoms with Crippen LogP contribution in [0.1, 0.15) is 13.3 Å². The molecule has 2 rings (SSSR count). The minimum absolute atomic E-state index is 0.0987. The first kappa shape index (κ1) is 17.7. The Labute approximate surface area is 142 Å². The van der Waals surface area contributed by atoms with Gasteiger partial charge in [-0.15, -0.1) is 0 Å². The van der Waals surface area contributed by atoms with Gasteiger partial charge in [-0.1, -0.05) is 6.07 Å². The molecule has 0 spiro atoms. The lowest BCUT2D eigenvalue weighted by Gasteiger charge is -2.11. The summed E-state index contributed by atoms with van der Waals surface area (Å²) in [4.78, 5) is 21.9. The molecular formula is C17H24N6O. The van der Waals surface area contributed by atoms with Crippen LogP contribution < -0.4 is 16.0 Å². The van der Waals surface area contributed by atoms with Crippen LogP contribution in [0.15, 0.2) is 36.5 Å². The topological polar surface area (TPSA) is 82.2 Å². The molecule has 0 atom stereocenters. The van der Waals surface area contributed by atoms with Gasteiger partial charge in [-0.3, -0.25) is 4.79 Å². The summed E-state index contributed by atoms with van der Waals surface area (Å²) in [6, 6.07) is 9.28. The summed E-state index contributed by atoms with van der Waals surface area (Å²) in [5.41, 5.74) is 1.59. The van der Waals surface area contributed by atoms with Crippen molar-refractivity contribution in [2.45, 2.75) is 13.3 Å². The van der Waals surface area contributed by atoms with Crippen molar-refractivity contribution in [3.63, 3.8) is 0 Å². The SMILES string of the molecule is CC(=O)Nc1cccc(Nc2ccnc(NCCCN(C)C)n2)c1. The summed E-state index contributed by atoms with van der Waals surface area (Å²) in [6.45, 7) is 3.32. The zero-order valence-corrected chi connectivity index (χ0v) is 14.3. The minimum Gasteiger partial charge on any atom is -0.354 e. The zero-order valence-electron chi connectivity index (χ0n) is 14.3. The van der Waals surface area contributed by atoms with Crippen LogP contribution in [0.2, 0.25) is 0 Å². The zero-order chi connectivity index (χ0) is 17.4. The van der Waals surface area contributed by atoms with Crippen molar-refractivity contribution in [2.24, 2.45) is 0 Å². The largest absolute Gasteiger partial charge is 0.354 e. The van der Waals surface area contributed by atoms with Gasteiger partial charge in [0.1, 0.15) is 5.82 Å². The standard InChI is InChI=1S/C17H24N6O/c1-13(24)20-14-6-4-7-15(12-14)21-16-8-10-19-17(22-16)18-9-5-11-23(2)3/h4,6-8,10,12H,5,9,11H2,1-3H3,(H,20,24)(H2,18,19,21,22). The molecule has 0 fully saturated rings. The first-order valence-electron chi connectivity index (χ1n) is 7.89. The van der Waals surface area contributed by atoms with Crippen LogP contribution >= 0.6 is 0 Å². The van der Waals surface area contributed by atoms with Gasteiger partial charge in [-0.25, -0.2) is 4.98 Å². The van der Waals surface area contributed by atoms with E-state index in [-0.39, 0.29) is 5.91 Å². The fraction of sp³-hybridized carbons (Fsp3) is 0.353. The molecular weight excluding hydrogens is 304 g/mol. The van der Waals surface area contributed by atoms with E-state index >= 15 is 0 Å². The number of carbonyl (C=O) groups excluding carboxylic acids is 1. The van der Waals surface area contributed by atoms with E-state index in [0.717, 1.165) is 30.9 Å². The predicted octanol–water partition coefficient (Wildman–Crippen LogP) is 2.54. The van der Waals surface area contributed by atoms with Crippen molar-refractivity contribution < 1.29 is 4.79 Å². The lowest BCUT2D eigenvalue weighted by Crippen LogP contribution is -2.17. The summed E-state index contributed by atoms with van der Waals surface area (Å²) in [7, 11) is 4.10. The van der Waals surface area contributed by atoms with E-state index in [9.17, 15) is 4.79 Å². The van der Waals surface area contributed by atoms with Crippen molar-refractivity contribution in [1.82, 2.24) is 14.9 Å². The fourth-order valence-electron chi connectivity index (χ4n) is 2.13. The maximum Gasteiger partial charge on any atom is 0.224 e. The second kappa shape index (κ2) is 8.83. The molecule has 0 unspecified atom stereocenters. The molecule has 0 saturated heterocycles. The van der Waals surface area contributed by atoms with E-state index < -0.39 is 0 Å². The molecule has 1 heterocycles. The Morgan fingerprint density at radius 1 is 1.21 bits per heavy atom. The number of nitrogens with one attached hydrogen (secondary N) is 3. The molecule has 7 nitrogen and oxygen atoms in total. The molecule has 1 aromatic carbocycles. The third-order valence-electron chi connectivity index (χ3n) is 3.18. The average Bonchev–Trinajstić information content (AvgIpc) is 2.51. The summed E-state index contributed by atoms with van der Waals surface area (Å²) in [6.07, 6.45) is 2.73. The van der Waals surface area contributed by atoms with Gasteiger partial charge in [0.15, 0.2) is 0 Å². The molecule has 2 aromatic rings. The number of aromatic nitrogens is 2. The second-order valence-corrected chi connectivity index (χ2v) is 5.74. The van der Waals surface area contributed by atoms with E-state index in [1.54, 1.807) is 12.3 Å². The second-order valence-electron chi connectivity index (χ2n) is 5.74. The Morgan fingerprint density at radius 2 is 2.00 bits per heavy atom. The summed E-state index contributed by atoms with van der Waals surface area (Å²) in [5.74, 6) is 1.19. The van der Waals surface area contributed by atoms with Crippen molar-refractivity contribution in [3.05, 3.63) is 36.5 Å². The molecule has 0 aliphatic heterocycles. The van der Waals surface area contributed by atoms with E-state index in [4.69, 9.17) is 0 Å². The van der Waals surface area contributed by atoms with Crippen LogP contribution in [0.3, 0.4) is 0 Å². The molecule has 3 N–H and O–H groups in total. The third-order valence-corrected chi connectivity index (χ3v) is 3.18. The number of carbonyl (C=O) groups is 1. The monoisotopic (exact) mass is 328 g/mol. The number of hydrogen-bond donors (Lipinski definition) is 3. The van der Waals surface area contributed by atoms with Crippen molar-refractivity contribution >= 4 is 29.0 Å². The molecule has 7 heteroatoms.